The van der Waals surface area contributed by atoms with Crippen LogP contribution in [0.4, 0.5) is 5.69 Å². The van der Waals surface area contributed by atoms with Gasteiger partial charge in [0.25, 0.3) is 5.91 Å². The number of allylic oxidation sites excluding steroid dienone is 2. The van der Waals surface area contributed by atoms with Gasteiger partial charge in [-0.15, -0.1) is 0 Å². The fraction of sp³-hybridized carbons (Fsp3) is 0.172. The number of benzene rings is 2. The number of Topliss-reactive ketones (excluding diaryl/α,β-unsaturated/α-hetero) is 1. The van der Waals surface area contributed by atoms with Crippen LogP contribution >= 0.6 is 23.4 Å². The molecule has 0 radical (unpaired) electrons. The van der Waals surface area contributed by atoms with Gasteiger partial charge in [-0.05, 0) is 74.5 Å². The van der Waals surface area contributed by atoms with Crippen molar-refractivity contribution in [3.05, 3.63) is 111 Å². The number of hydrogen-bond donors (Lipinski definition) is 2. The summed E-state index contributed by atoms with van der Waals surface area (Å²) in [5.41, 5.74) is 2.39. The van der Waals surface area contributed by atoms with Crippen LogP contribution in [0.3, 0.4) is 0 Å². The number of amides is 1. The van der Waals surface area contributed by atoms with Crippen LogP contribution in [0.1, 0.15) is 46.2 Å². The number of carbonyl (C=O) groups excluding carboxylic acids is 3. The lowest BCUT2D eigenvalue weighted by Crippen LogP contribution is -2.30. The van der Waals surface area contributed by atoms with Crippen molar-refractivity contribution in [1.82, 2.24) is 5.32 Å². The van der Waals surface area contributed by atoms with Gasteiger partial charge in [-0.3, -0.25) is 9.59 Å². The molecule has 0 bridgehead atoms. The van der Waals surface area contributed by atoms with E-state index in [0.29, 0.717) is 43.9 Å². The van der Waals surface area contributed by atoms with Crippen LogP contribution in [0, 0.1) is 11.3 Å². The third-order valence-corrected chi connectivity index (χ3v) is 7.16. The Morgan fingerprint density at radius 1 is 1.10 bits per heavy atom. The number of nitrogens with one attached hydrogen (secondary N) is 2. The molecule has 2 N–H and O–H groups in total. The zero-order chi connectivity index (χ0) is 27.9. The molecule has 198 valence electrons. The standard InChI is InChI=1S/C29H24ClN3O5S/c1-3-37-29(36)19-8-12-21(13-9-19)33-27(35)25-17(2)32-28(22(15-31)26(25)24-5-4-14-38-24)39-16-23(34)18-6-10-20(30)11-7-18/h4-14,26,32H,3,16H2,1-2H3,(H,33,35)/t26-/m1/s1. The first-order valence-corrected chi connectivity index (χ1v) is 13.3. The number of hydrogen-bond acceptors (Lipinski definition) is 8. The molecule has 8 nitrogen and oxygen atoms in total. The highest BCUT2D eigenvalue weighted by atomic mass is 35.5. The van der Waals surface area contributed by atoms with Gasteiger partial charge in [0.1, 0.15) is 5.76 Å². The van der Waals surface area contributed by atoms with E-state index in [4.69, 9.17) is 20.8 Å². The van der Waals surface area contributed by atoms with E-state index in [2.05, 4.69) is 16.7 Å². The summed E-state index contributed by atoms with van der Waals surface area (Å²) in [4.78, 5) is 38.2. The van der Waals surface area contributed by atoms with Crippen molar-refractivity contribution in [2.45, 2.75) is 19.8 Å². The van der Waals surface area contributed by atoms with Crippen molar-refractivity contribution in [2.24, 2.45) is 0 Å². The molecule has 0 saturated carbocycles. The van der Waals surface area contributed by atoms with E-state index in [1.807, 2.05) is 0 Å². The van der Waals surface area contributed by atoms with Crippen molar-refractivity contribution in [3.63, 3.8) is 0 Å². The first-order valence-electron chi connectivity index (χ1n) is 12.0. The fourth-order valence-electron chi connectivity index (χ4n) is 4.03. The summed E-state index contributed by atoms with van der Waals surface area (Å²) in [6, 6.07) is 18.5. The predicted octanol–water partition coefficient (Wildman–Crippen LogP) is 6.06. The molecule has 1 aliphatic rings. The zero-order valence-electron chi connectivity index (χ0n) is 21.1. The highest BCUT2D eigenvalue weighted by Crippen LogP contribution is 2.41. The molecule has 39 heavy (non-hydrogen) atoms. The number of ketones is 1. The van der Waals surface area contributed by atoms with Gasteiger partial charge in [-0.2, -0.15) is 5.26 Å². The van der Waals surface area contributed by atoms with E-state index in [1.54, 1.807) is 74.5 Å². The number of rotatable bonds is 9. The number of ether oxygens (including phenoxy) is 1. The minimum absolute atomic E-state index is 0.0711. The van der Waals surface area contributed by atoms with Gasteiger partial charge in [0.2, 0.25) is 0 Å². The summed E-state index contributed by atoms with van der Waals surface area (Å²) in [6.07, 6.45) is 1.47. The summed E-state index contributed by atoms with van der Waals surface area (Å²) in [5.74, 6) is -1.34. The molecule has 1 amide bonds. The smallest absolute Gasteiger partial charge is 0.338 e. The summed E-state index contributed by atoms with van der Waals surface area (Å²) in [7, 11) is 0. The molecule has 4 rings (SSSR count). The van der Waals surface area contributed by atoms with Crippen LogP contribution in [0.25, 0.3) is 0 Å². The number of halogens is 1. The lowest BCUT2D eigenvalue weighted by Gasteiger charge is -2.28. The molecule has 3 aromatic rings. The van der Waals surface area contributed by atoms with Gasteiger partial charge < -0.3 is 19.8 Å². The molecule has 0 aliphatic carbocycles. The molecule has 0 saturated heterocycles. The Hall–Kier alpha value is -4.26. The average molecular weight is 562 g/mol. The van der Waals surface area contributed by atoms with Crippen molar-refractivity contribution in [3.8, 4) is 6.07 Å². The maximum absolute atomic E-state index is 13.5. The Labute approximate surface area is 234 Å². The lowest BCUT2D eigenvalue weighted by molar-refractivity contribution is -0.113. The van der Waals surface area contributed by atoms with E-state index in [0.717, 1.165) is 0 Å². The number of nitriles is 1. The topological polar surface area (TPSA) is 121 Å². The van der Waals surface area contributed by atoms with E-state index in [9.17, 15) is 19.6 Å². The van der Waals surface area contributed by atoms with Crippen LogP contribution in [0.2, 0.25) is 5.02 Å². The van der Waals surface area contributed by atoms with Gasteiger partial charge in [0.05, 0.1) is 52.3 Å². The predicted molar refractivity (Wildman–Crippen MR) is 149 cm³/mol. The normalized spacial score (nSPS) is 14.9. The molecular weight excluding hydrogens is 538 g/mol. The molecule has 2 heterocycles. The largest absolute Gasteiger partial charge is 0.468 e. The Morgan fingerprint density at radius 3 is 2.41 bits per heavy atom. The SMILES string of the molecule is CCOC(=O)c1ccc(NC(=O)C2=C(C)NC(SCC(=O)c3ccc(Cl)cc3)=C(C#N)[C@@H]2c2ccco2)cc1. The highest BCUT2D eigenvalue weighted by molar-refractivity contribution is 8.03. The fourth-order valence-corrected chi connectivity index (χ4v) is 5.14. The third kappa shape index (κ3) is 6.42. The number of nitrogens with zero attached hydrogens (tertiary/aromatic N) is 1. The Bertz CT molecular complexity index is 1490. The summed E-state index contributed by atoms with van der Waals surface area (Å²) < 4.78 is 10.6. The van der Waals surface area contributed by atoms with Crippen LogP contribution in [-0.2, 0) is 9.53 Å². The van der Waals surface area contributed by atoms with Crippen LogP contribution in [-0.4, -0.2) is 30.0 Å². The van der Waals surface area contributed by atoms with E-state index in [-0.39, 0.29) is 23.7 Å². The molecular formula is C29H24ClN3O5S. The molecule has 0 fully saturated rings. The second-order valence-corrected chi connectivity index (χ2v) is 9.86. The number of furan rings is 1. The van der Waals surface area contributed by atoms with Crippen molar-refractivity contribution < 1.29 is 23.5 Å². The van der Waals surface area contributed by atoms with Gasteiger partial charge in [0.15, 0.2) is 5.78 Å². The number of esters is 1. The molecule has 1 aromatic heterocycles. The van der Waals surface area contributed by atoms with E-state index < -0.39 is 17.8 Å². The Morgan fingerprint density at radius 2 is 1.79 bits per heavy atom. The zero-order valence-corrected chi connectivity index (χ0v) is 22.7. The van der Waals surface area contributed by atoms with Crippen LogP contribution < -0.4 is 10.6 Å². The highest BCUT2D eigenvalue weighted by Gasteiger charge is 2.36. The minimum atomic E-state index is -0.793. The van der Waals surface area contributed by atoms with Gasteiger partial charge in [-0.1, -0.05) is 23.4 Å². The van der Waals surface area contributed by atoms with E-state index >= 15 is 0 Å². The quantitative estimate of drug-likeness (QED) is 0.239. The average Bonchev–Trinajstić information content (AvgIpc) is 3.47. The maximum atomic E-state index is 13.5. The van der Waals surface area contributed by atoms with Crippen LogP contribution in [0.15, 0.2) is 93.2 Å². The van der Waals surface area contributed by atoms with Crippen molar-refractivity contribution >= 4 is 46.7 Å². The van der Waals surface area contributed by atoms with Gasteiger partial charge >= 0.3 is 5.97 Å². The van der Waals surface area contributed by atoms with Crippen LogP contribution in [0.5, 0.6) is 0 Å². The number of anilines is 1. The van der Waals surface area contributed by atoms with Gasteiger partial charge in [0, 0.05) is 22.0 Å². The lowest BCUT2D eigenvalue weighted by atomic mass is 9.85. The summed E-state index contributed by atoms with van der Waals surface area (Å²) in [5, 5.41) is 17.1. The van der Waals surface area contributed by atoms with Crippen molar-refractivity contribution in [1.29, 1.82) is 5.26 Å². The van der Waals surface area contributed by atoms with Gasteiger partial charge in [-0.25, -0.2) is 4.79 Å². The second kappa shape index (κ2) is 12.5. The molecule has 2 aromatic carbocycles. The molecule has 1 atom stereocenters. The number of dihydropyridines is 1. The first-order chi connectivity index (χ1) is 18.8. The maximum Gasteiger partial charge on any atom is 0.338 e. The van der Waals surface area contributed by atoms with Crippen molar-refractivity contribution in [2.75, 3.05) is 17.7 Å². The third-order valence-electron chi connectivity index (χ3n) is 5.89. The number of carbonyl (C=O) groups is 3. The molecule has 0 unspecified atom stereocenters. The second-order valence-electron chi connectivity index (χ2n) is 8.44. The first kappa shape index (κ1) is 27.8. The summed E-state index contributed by atoms with van der Waals surface area (Å²) >= 11 is 7.10. The number of thioether (sulfide) groups is 1. The van der Waals surface area contributed by atoms with E-state index in [1.165, 1.54) is 18.0 Å². The Balaban J connectivity index is 1.58. The molecule has 0 spiro atoms. The Kier molecular flexibility index (Phi) is 8.92. The minimum Gasteiger partial charge on any atom is -0.468 e. The molecule has 1 aliphatic heterocycles. The summed E-state index contributed by atoms with van der Waals surface area (Å²) in [6.45, 7) is 3.71. The monoisotopic (exact) mass is 561 g/mol. The molecule has 10 heteroatoms.